The molecule has 0 bridgehead atoms. The molecule has 2 nitrogen and oxygen atoms in total. The van der Waals surface area contributed by atoms with Gasteiger partial charge in [-0.1, -0.05) is 13.8 Å². The Morgan fingerprint density at radius 2 is 2.20 bits per heavy atom. The van der Waals surface area contributed by atoms with Crippen molar-refractivity contribution in [3.63, 3.8) is 0 Å². The number of ketones is 1. The molecule has 3 atom stereocenters. The molecule has 15 heavy (non-hydrogen) atoms. The Morgan fingerprint density at radius 3 is 2.80 bits per heavy atom. The summed E-state index contributed by atoms with van der Waals surface area (Å²) in [5.74, 6) is 1.52. The zero-order valence-electron chi connectivity index (χ0n) is 10.6. The Balaban J connectivity index is 2.45. The standard InChI is InChI=1S/C13H25NO/c1-5-11(3)14(4)9-12-8-10(2)6-7-13(12)15/h10-12H,5-9H2,1-4H3. The summed E-state index contributed by atoms with van der Waals surface area (Å²) >= 11 is 0. The van der Waals surface area contributed by atoms with E-state index in [2.05, 4.69) is 32.7 Å². The van der Waals surface area contributed by atoms with Gasteiger partial charge in [0, 0.05) is 24.9 Å². The average Bonchev–Trinajstić information content (AvgIpc) is 2.22. The highest BCUT2D eigenvalue weighted by Crippen LogP contribution is 2.26. The highest BCUT2D eigenvalue weighted by atomic mass is 16.1. The molecule has 0 aromatic heterocycles. The monoisotopic (exact) mass is 211 g/mol. The molecule has 1 aliphatic carbocycles. The van der Waals surface area contributed by atoms with Gasteiger partial charge in [-0.3, -0.25) is 4.79 Å². The zero-order valence-corrected chi connectivity index (χ0v) is 10.6. The molecule has 1 saturated carbocycles. The van der Waals surface area contributed by atoms with Crippen LogP contribution in [0.5, 0.6) is 0 Å². The van der Waals surface area contributed by atoms with E-state index >= 15 is 0 Å². The fourth-order valence-corrected chi connectivity index (χ4v) is 2.34. The zero-order chi connectivity index (χ0) is 11.4. The third-order valence-electron chi connectivity index (χ3n) is 3.88. The molecule has 88 valence electrons. The fourth-order valence-electron chi connectivity index (χ4n) is 2.34. The van der Waals surface area contributed by atoms with Crippen molar-refractivity contribution in [1.29, 1.82) is 0 Å². The lowest BCUT2D eigenvalue weighted by Crippen LogP contribution is -2.38. The lowest BCUT2D eigenvalue weighted by molar-refractivity contribution is -0.126. The number of carbonyl (C=O) groups is 1. The van der Waals surface area contributed by atoms with Crippen molar-refractivity contribution in [2.45, 2.75) is 52.5 Å². The van der Waals surface area contributed by atoms with Gasteiger partial charge in [0.05, 0.1) is 0 Å². The maximum Gasteiger partial charge on any atom is 0.137 e. The molecule has 1 aliphatic rings. The highest BCUT2D eigenvalue weighted by Gasteiger charge is 2.27. The van der Waals surface area contributed by atoms with Gasteiger partial charge >= 0.3 is 0 Å². The van der Waals surface area contributed by atoms with Gasteiger partial charge < -0.3 is 4.90 Å². The van der Waals surface area contributed by atoms with Crippen LogP contribution in [0.4, 0.5) is 0 Å². The molecule has 0 saturated heterocycles. The molecule has 2 heteroatoms. The van der Waals surface area contributed by atoms with Crippen molar-refractivity contribution in [2.24, 2.45) is 11.8 Å². The van der Waals surface area contributed by atoms with Gasteiger partial charge in [0.25, 0.3) is 0 Å². The van der Waals surface area contributed by atoms with Crippen molar-refractivity contribution in [2.75, 3.05) is 13.6 Å². The van der Waals surface area contributed by atoms with E-state index in [1.165, 1.54) is 0 Å². The Morgan fingerprint density at radius 1 is 1.53 bits per heavy atom. The summed E-state index contributed by atoms with van der Waals surface area (Å²) in [6.07, 6.45) is 4.16. The first-order valence-corrected chi connectivity index (χ1v) is 6.27. The second-order valence-corrected chi connectivity index (χ2v) is 5.24. The summed E-state index contributed by atoms with van der Waals surface area (Å²) in [7, 11) is 2.14. The van der Waals surface area contributed by atoms with E-state index in [0.29, 0.717) is 17.7 Å². The Bertz CT molecular complexity index is 215. The Hall–Kier alpha value is -0.370. The van der Waals surface area contributed by atoms with Crippen LogP contribution in [-0.2, 0) is 4.79 Å². The molecular formula is C13H25NO. The van der Waals surface area contributed by atoms with Crippen LogP contribution in [0.3, 0.4) is 0 Å². The first-order valence-electron chi connectivity index (χ1n) is 6.27. The van der Waals surface area contributed by atoms with Gasteiger partial charge in [0.15, 0.2) is 0 Å². The summed E-state index contributed by atoms with van der Waals surface area (Å²) < 4.78 is 0. The highest BCUT2D eigenvalue weighted by molar-refractivity contribution is 5.81. The van der Waals surface area contributed by atoms with E-state index in [1.54, 1.807) is 0 Å². The molecule has 0 aliphatic heterocycles. The second kappa shape index (κ2) is 5.64. The topological polar surface area (TPSA) is 20.3 Å². The summed E-state index contributed by atoms with van der Waals surface area (Å²) in [5.41, 5.74) is 0. The molecule has 1 rings (SSSR count). The van der Waals surface area contributed by atoms with E-state index in [1.807, 2.05) is 0 Å². The molecule has 0 N–H and O–H groups in total. The van der Waals surface area contributed by atoms with E-state index in [9.17, 15) is 4.79 Å². The minimum absolute atomic E-state index is 0.299. The average molecular weight is 211 g/mol. The molecule has 0 spiro atoms. The Kier molecular flexibility index (Phi) is 4.78. The number of carbonyl (C=O) groups excluding carboxylic acids is 1. The van der Waals surface area contributed by atoms with Gasteiger partial charge in [0.1, 0.15) is 5.78 Å². The lowest BCUT2D eigenvalue weighted by atomic mass is 9.81. The number of Topliss-reactive ketones (excluding diaryl/α,β-unsaturated/α-hetero) is 1. The fraction of sp³-hybridized carbons (Fsp3) is 0.923. The van der Waals surface area contributed by atoms with Crippen LogP contribution < -0.4 is 0 Å². The van der Waals surface area contributed by atoms with E-state index in [-0.39, 0.29) is 0 Å². The maximum atomic E-state index is 11.8. The third-order valence-corrected chi connectivity index (χ3v) is 3.88. The largest absolute Gasteiger partial charge is 0.303 e. The van der Waals surface area contributed by atoms with Gasteiger partial charge in [-0.15, -0.1) is 0 Å². The van der Waals surface area contributed by atoms with Gasteiger partial charge in [-0.2, -0.15) is 0 Å². The molecule has 0 aromatic rings. The second-order valence-electron chi connectivity index (χ2n) is 5.24. The van der Waals surface area contributed by atoms with Crippen LogP contribution in [-0.4, -0.2) is 30.3 Å². The lowest BCUT2D eigenvalue weighted by Gasteiger charge is -2.31. The summed E-state index contributed by atoms with van der Waals surface area (Å²) in [6, 6.07) is 0.593. The molecule has 0 radical (unpaired) electrons. The van der Waals surface area contributed by atoms with Crippen molar-refractivity contribution < 1.29 is 4.79 Å². The number of rotatable bonds is 4. The smallest absolute Gasteiger partial charge is 0.137 e. The quantitative estimate of drug-likeness (QED) is 0.712. The van der Waals surface area contributed by atoms with Crippen LogP contribution in [0, 0.1) is 11.8 Å². The molecule has 0 heterocycles. The third kappa shape index (κ3) is 3.60. The minimum atomic E-state index is 0.299. The number of nitrogens with zero attached hydrogens (tertiary/aromatic N) is 1. The minimum Gasteiger partial charge on any atom is -0.303 e. The first kappa shape index (κ1) is 12.7. The molecule has 0 aromatic carbocycles. The van der Waals surface area contributed by atoms with Crippen LogP contribution >= 0.6 is 0 Å². The summed E-state index contributed by atoms with van der Waals surface area (Å²) in [4.78, 5) is 14.1. The number of hydrogen-bond donors (Lipinski definition) is 0. The van der Waals surface area contributed by atoms with Gasteiger partial charge in [-0.05, 0) is 39.2 Å². The van der Waals surface area contributed by atoms with Crippen molar-refractivity contribution in [3.05, 3.63) is 0 Å². The van der Waals surface area contributed by atoms with Crippen LogP contribution in [0.15, 0.2) is 0 Å². The van der Waals surface area contributed by atoms with Gasteiger partial charge in [0.2, 0.25) is 0 Å². The van der Waals surface area contributed by atoms with Crippen LogP contribution in [0.2, 0.25) is 0 Å². The predicted octanol–water partition coefficient (Wildman–Crippen LogP) is 2.72. The van der Waals surface area contributed by atoms with E-state index in [4.69, 9.17) is 0 Å². The van der Waals surface area contributed by atoms with E-state index < -0.39 is 0 Å². The van der Waals surface area contributed by atoms with Crippen molar-refractivity contribution in [1.82, 2.24) is 4.90 Å². The van der Waals surface area contributed by atoms with Gasteiger partial charge in [-0.25, -0.2) is 0 Å². The predicted molar refractivity (Wildman–Crippen MR) is 63.9 cm³/mol. The molecular weight excluding hydrogens is 186 g/mol. The normalized spacial score (nSPS) is 29.5. The van der Waals surface area contributed by atoms with Crippen LogP contribution in [0.1, 0.15) is 46.5 Å². The summed E-state index contributed by atoms with van der Waals surface area (Å²) in [5, 5.41) is 0. The maximum absolute atomic E-state index is 11.8. The molecule has 1 fully saturated rings. The number of hydrogen-bond acceptors (Lipinski definition) is 2. The van der Waals surface area contributed by atoms with Crippen molar-refractivity contribution >= 4 is 5.78 Å². The van der Waals surface area contributed by atoms with Crippen molar-refractivity contribution in [3.8, 4) is 0 Å². The first-order chi connectivity index (χ1) is 7.04. The van der Waals surface area contributed by atoms with E-state index in [0.717, 1.165) is 38.1 Å². The molecule has 0 amide bonds. The Labute approximate surface area is 94.0 Å². The molecule has 3 unspecified atom stereocenters. The van der Waals surface area contributed by atoms with Crippen LogP contribution in [0.25, 0.3) is 0 Å². The summed E-state index contributed by atoms with van der Waals surface area (Å²) in [6.45, 7) is 7.66. The SMILES string of the molecule is CCC(C)N(C)CC1CC(C)CCC1=O.